The van der Waals surface area contributed by atoms with Crippen molar-refractivity contribution in [3.8, 4) is 11.3 Å². The summed E-state index contributed by atoms with van der Waals surface area (Å²) in [6, 6.07) is 11.9. The number of thiazole rings is 1. The van der Waals surface area contributed by atoms with Crippen LogP contribution in [-0.4, -0.2) is 55.2 Å². The van der Waals surface area contributed by atoms with Crippen LogP contribution in [0.4, 0.5) is 4.79 Å². The van der Waals surface area contributed by atoms with Gasteiger partial charge in [-0.25, -0.2) is 22.8 Å². The van der Waals surface area contributed by atoms with Crippen LogP contribution in [0.2, 0.25) is 0 Å². The van der Waals surface area contributed by atoms with Gasteiger partial charge < -0.3 is 9.64 Å². The highest BCUT2D eigenvalue weighted by Gasteiger charge is 2.24. The van der Waals surface area contributed by atoms with E-state index < -0.39 is 21.5 Å². The Balaban J connectivity index is 1.56. The predicted molar refractivity (Wildman–Crippen MR) is 140 cm³/mol. The van der Waals surface area contributed by atoms with Crippen LogP contribution in [0.3, 0.4) is 0 Å². The van der Waals surface area contributed by atoms with E-state index in [1.54, 1.807) is 47.8 Å². The van der Waals surface area contributed by atoms with Crippen molar-refractivity contribution in [2.24, 2.45) is 0 Å². The lowest BCUT2D eigenvalue weighted by Gasteiger charge is -2.20. The molecule has 0 aliphatic carbocycles. The van der Waals surface area contributed by atoms with Gasteiger partial charge in [0.05, 0.1) is 22.8 Å². The molecule has 0 bridgehead atoms. The van der Waals surface area contributed by atoms with Crippen LogP contribution >= 0.6 is 11.3 Å². The zero-order valence-electron chi connectivity index (χ0n) is 20.7. The highest BCUT2D eigenvalue weighted by molar-refractivity contribution is 7.90. The summed E-state index contributed by atoms with van der Waals surface area (Å²) in [6.07, 6.45) is 2.23. The first kappa shape index (κ1) is 26.2. The topological polar surface area (TPSA) is 98.6 Å². The van der Waals surface area contributed by atoms with Gasteiger partial charge in [-0.1, -0.05) is 32.0 Å². The summed E-state index contributed by atoms with van der Waals surface area (Å²) in [5, 5.41) is 2.02. The maximum Gasteiger partial charge on any atom is 0.421 e. The number of rotatable bonds is 8. The molecule has 1 aliphatic rings. The molecule has 3 heterocycles. The highest BCUT2D eigenvalue weighted by Crippen LogP contribution is 2.25. The standard InChI is InChI=1S/C26H31N3O5S2/c1-18(2)23-12-11-21(25(30)29(23)26(31)34-15-13-19-8-7-14-28(19)3)22-16-35-24(27-22)17-36(32,33)20-9-5-4-6-10-20/h4-6,9-12,16,18-19H,7-8,13-15,17H2,1-3H3. The highest BCUT2D eigenvalue weighted by atomic mass is 32.2. The number of pyridine rings is 1. The molecule has 0 spiro atoms. The van der Waals surface area contributed by atoms with Crippen molar-refractivity contribution in [2.75, 3.05) is 20.2 Å². The van der Waals surface area contributed by atoms with Crippen molar-refractivity contribution < 1.29 is 17.9 Å². The Kier molecular flexibility index (Phi) is 8.07. The van der Waals surface area contributed by atoms with Gasteiger partial charge in [0.15, 0.2) is 9.84 Å². The van der Waals surface area contributed by atoms with Gasteiger partial charge in [-0.3, -0.25) is 4.79 Å². The third kappa shape index (κ3) is 5.77. The Morgan fingerprint density at radius 2 is 1.94 bits per heavy atom. The fourth-order valence-corrected chi connectivity index (χ4v) is 6.90. The van der Waals surface area contributed by atoms with E-state index in [4.69, 9.17) is 4.74 Å². The molecule has 192 valence electrons. The van der Waals surface area contributed by atoms with Gasteiger partial charge in [-0.15, -0.1) is 11.3 Å². The second kappa shape index (κ2) is 11.1. The first-order valence-corrected chi connectivity index (χ1v) is 14.6. The summed E-state index contributed by atoms with van der Waals surface area (Å²) in [5.74, 6) is -0.347. The maximum absolute atomic E-state index is 13.4. The van der Waals surface area contributed by atoms with E-state index in [-0.39, 0.29) is 28.7 Å². The molecule has 1 saturated heterocycles. The summed E-state index contributed by atoms with van der Waals surface area (Å²) >= 11 is 1.17. The SMILES string of the molecule is CC(C)c1ccc(-c2csc(CS(=O)(=O)c3ccccc3)n2)c(=O)n1C(=O)OCCC1CCCN1C. The fourth-order valence-electron chi connectivity index (χ4n) is 4.45. The van der Waals surface area contributed by atoms with Crippen molar-refractivity contribution in [3.63, 3.8) is 0 Å². The van der Waals surface area contributed by atoms with Crippen molar-refractivity contribution >= 4 is 27.3 Å². The van der Waals surface area contributed by atoms with Crippen LogP contribution < -0.4 is 5.56 Å². The maximum atomic E-state index is 13.4. The third-order valence-corrected chi connectivity index (χ3v) is 9.15. The number of benzene rings is 1. The molecule has 2 aromatic heterocycles. The predicted octanol–water partition coefficient (Wildman–Crippen LogP) is 4.54. The number of likely N-dealkylation sites (tertiary alicyclic amines) is 1. The molecule has 3 aromatic rings. The van der Waals surface area contributed by atoms with Crippen LogP contribution in [0, 0.1) is 0 Å². The lowest BCUT2D eigenvalue weighted by Crippen LogP contribution is -2.33. The van der Waals surface area contributed by atoms with E-state index in [0.29, 0.717) is 22.4 Å². The molecule has 36 heavy (non-hydrogen) atoms. The van der Waals surface area contributed by atoms with Gasteiger partial charge in [0, 0.05) is 17.1 Å². The summed E-state index contributed by atoms with van der Waals surface area (Å²) < 4.78 is 32.1. The molecule has 1 aromatic carbocycles. The Morgan fingerprint density at radius 1 is 1.19 bits per heavy atom. The normalized spacial score (nSPS) is 16.5. The molecular weight excluding hydrogens is 498 g/mol. The van der Waals surface area contributed by atoms with Gasteiger partial charge in [0.2, 0.25) is 0 Å². The second-order valence-electron chi connectivity index (χ2n) is 9.35. The zero-order valence-corrected chi connectivity index (χ0v) is 22.3. The van der Waals surface area contributed by atoms with Crippen LogP contribution in [0.5, 0.6) is 0 Å². The van der Waals surface area contributed by atoms with Gasteiger partial charge in [-0.05, 0) is 63.0 Å². The van der Waals surface area contributed by atoms with Crippen molar-refractivity contribution in [3.05, 3.63) is 68.9 Å². The Bertz CT molecular complexity index is 1380. The first-order valence-electron chi connectivity index (χ1n) is 12.0. The number of carbonyl (C=O) groups is 1. The van der Waals surface area contributed by atoms with E-state index in [9.17, 15) is 18.0 Å². The number of hydrogen-bond donors (Lipinski definition) is 0. The Hall–Kier alpha value is -2.82. The number of nitrogens with zero attached hydrogens (tertiary/aromatic N) is 3. The average Bonchev–Trinajstić information content (AvgIpc) is 3.47. The monoisotopic (exact) mass is 529 g/mol. The fraction of sp³-hybridized carbons (Fsp3) is 0.423. The van der Waals surface area contributed by atoms with Gasteiger partial charge in [0.25, 0.3) is 5.56 Å². The summed E-state index contributed by atoms with van der Waals surface area (Å²) in [5.41, 5.74) is 0.597. The minimum Gasteiger partial charge on any atom is -0.449 e. The minimum atomic E-state index is -3.57. The summed E-state index contributed by atoms with van der Waals surface area (Å²) in [7, 11) is -1.50. The van der Waals surface area contributed by atoms with E-state index in [2.05, 4.69) is 16.9 Å². The number of carbonyl (C=O) groups excluding carboxylic acids is 1. The van der Waals surface area contributed by atoms with Gasteiger partial charge in [-0.2, -0.15) is 0 Å². The number of aromatic nitrogens is 2. The molecule has 1 atom stereocenters. The third-order valence-electron chi connectivity index (χ3n) is 6.48. The van der Waals surface area contributed by atoms with Crippen molar-refractivity contribution in [1.29, 1.82) is 0 Å². The zero-order chi connectivity index (χ0) is 25.9. The van der Waals surface area contributed by atoms with Crippen LogP contribution in [0.1, 0.15) is 49.7 Å². The molecule has 4 rings (SSSR count). The lowest BCUT2D eigenvalue weighted by molar-refractivity contribution is 0.133. The Labute approximate surface area is 215 Å². The first-order chi connectivity index (χ1) is 17.2. The molecule has 1 fully saturated rings. The van der Waals surface area contributed by atoms with E-state index >= 15 is 0 Å². The quantitative estimate of drug-likeness (QED) is 0.423. The Morgan fingerprint density at radius 3 is 2.61 bits per heavy atom. The molecule has 0 saturated carbocycles. The number of sulfone groups is 1. The smallest absolute Gasteiger partial charge is 0.421 e. The molecule has 0 amide bonds. The van der Waals surface area contributed by atoms with Crippen LogP contribution in [0.15, 0.2) is 57.5 Å². The van der Waals surface area contributed by atoms with Crippen molar-refractivity contribution in [1.82, 2.24) is 14.5 Å². The van der Waals surface area contributed by atoms with E-state index in [1.165, 1.54) is 11.3 Å². The average molecular weight is 530 g/mol. The molecular formula is C26H31N3O5S2. The second-order valence-corrected chi connectivity index (χ2v) is 12.3. The molecule has 1 aliphatic heterocycles. The van der Waals surface area contributed by atoms with Crippen LogP contribution in [0.25, 0.3) is 11.3 Å². The number of ether oxygens (including phenoxy) is 1. The van der Waals surface area contributed by atoms with Crippen LogP contribution in [-0.2, 0) is 20.3 Å². The van der Waals surface area contributed by atoms with E-state index in [0.717, 1.165) is 30.4 Å². The largest absolute Gasteiger partial charge is 0.449 e. The van der Waals surface area contributed by atoms with E-state index in [1.807, 2.05) is 13.8 Å². The summed E-state index contributed by atoms with van der Waals surface area (Å²) in [6.45, 7) is 5.09. The van der Waals surface area contributed by atoms with Gasteiger partial charge >= 0.3 is 6.09 Å². The molecule has 0 N–H and O–H groups in total. The van der Waals surface area contributed by atoms with Crippen molar-refractivity contribution in [2.45, 2.75) is 55.7 Å². The van der Waals surface area contributed by atoms with Gasteiger partial charge in [0.1, 0.15) is 10.8 Å². The molecule has 10 heteroatoms. The minimum absolute atomic E-state index is 0.0812. The molecule has 0 radical (unpaired) electrons. The summed E-state index contributed by atoms with van der Waals surface area (Å²) in [4.78, 5) is 33.3. The molecule has 8 nitrogen and oxygen atoms in total. The molecule has 1 unspecified atom stereocenters. The number of hydrogen-bond acceptors (Lipinski definition) is 8. The lowest BCUT2D eigenvalue weighted by atomic mass is 10.1.